The van der Waals surface area contributed by atoms with Crippen LogP contribution in [0, 0.1) is 12.3 Å². The largest absolute Gasteiger partial charge is 0.313 e. The highest BCUT2D eigenvalue weighted by Gasteiger charge is 2.05. The van der Waals surface area contributed by atoms with Gasteiger partial charge in [0, 0.05) is 6.42 Å². The van der Waals surface area contributed by atoms with E-state index < -0.39 is 0 Å². The predicted molar refractivity (Wildman–Crippen MR) is 55.4 cm³/mol. The average Bonchev–Trinajstić information content (AvgIpc) is 2.12. The lowest BCUT2D eigenvalue weighted by molar-refractivity contribution is -0.114. The van der Waals surface area contributed by atoms with Crippen LogP contribution in [0.1, 0.15) is 26.2 Å². The third-order valence-electron chi connectivity index (χ3n) is 1.68. The van der Waals surface area contributed by atoms with Crippen LogP contribution < -0.4 is 5.32 Å². The van der Waals surface area contributed by atoms with Gasteiger partial charge in [0.25, 0.3) is 0 Å². The van der Waals surface area contributed by atoms with E-state index in [4.69, 9.17) is 6.42 Å². The Morgan fingerprint density at radius 3 is 2.77 bits per heavy atom. The van der Waals surface area contributed by atoms with Crippen LogP contribution in [0.3, 0.4) is 0 Å². The van der Waals surface area contributed by atoms with Crippen molar-refractivity contribution in [2.24, 2.45) is 0 Å². The highest BCUT2D eigenvalue weighted by atomic mass is 16.1. The molecule has 0 unspecified atom stereocenters. The number of ketones is 1. The molecule has 0 heterocycles. The first kappa shape index (κ1) is 11.9. The van der Waals surface area contributed by atoms with Crippen molar-refractivity contribution in [3.05, 3.63) is 11.6 Å². The zero-order valence-corrected chi connectivity index (χ0v) is 8.39. The van der Waals surface area contributed by atoms with E-state index in [0.717, 1.165) is 18.4 Å². The van der Waals surface area contributed by atoms with Crippen molar-refractivity contribution in [2.75, 3.05) is 13.6 Å². The molecule has 0 atom stereocenters. The third-order valence-corrected chi connectivity index (χ3v) is 1.68. The van der Waals surface area contributed by atoms with Crippen LogP contribution >= 0.6 is 0 Å². The number of hydrogen-bond donors (Lipinski definition) is 1. The molecule has 1 N–H and O–H groups in total. The van der Waals surface area contributed by atoms with Crippen molar-refractivity contribution < 1.29 is 4.79 Å². The standard InChI is InChI=1S/C11H17NO/c1-4-6-8-10(7-5-2)11(13)9-12-3/h1,8,12H,5-7,9H2,2-3H3/b10-8+. The van der Waals surface area contributed by atoms with Gasteiger partial charge in [0.05, 0.1) is 6.54 Å². The number of Topliss-reactive ketones (excluding diaryl/α,β-unsaturated/α-hetero) is 1. The lowest BCUT2D eigenvalue weighted by Gasteiger charge is -2.03. The van der Waals surface area contributed by atoms with Crippen molar-refractivity contribution in [2.45, 2.75) is 26.2 Å². The molecular weight excluding hydrogens is 162 g/mol. The van der Waals surface area contributed by atoms with Crippen molar-refractivity contribution in [3.8, 4) is 12.3 Å². The van der Waals surface area contributed by atoms with Gasteiger partial charge in [-0.25, -0.2) is 0 Å². The SMILES string of the molecule is C#CC/C=C(\CCC)C(=O)CNC. The van der Waals surface area contributed by atoms with Crippen molar-refractivity contribution in [3.63, 3.8) is 0 Å². The monoisotopic (exact) mass is 179 g/mol. The second kappa shape index (κ2) is 7.57. The minimum atomic E-state index is 0.152. The van der Waals surface area contributed by atoms with Crippen molar-refractivity contribution >= 4 is 5.78 Å². The molecule has 0 radical (unpaired) electrons. The highest BCUT2D eigenvalue weighted by molar-refractivity contribution is 5.96. The van der Waals surface area contributed by atoms with Crippen LogP contribution in [-0.4, -0.2) is 19.4 Å². The van der Waals surface area contributed by atoms with Crippen LogP contribution in [0.25, 0.3) is 0 Å². The van der Waals surface area contributed by atoms with Gasteiger partial charge in [-0.3, -0.25) is 4.79 Å². The fraction of sp³-hybridized carbons (Fsp3) is 0.545. The average molecular weight is 179 g/mol. The summed E-state index contributed by atoms with van der Waals surface area (Å²) in [5, 5.41) is 2.84. The minimum absolute atomic E-state index is 0.152. The van der Waals surface area contributed by atoms with E-state index in [1.807, 2.05) is 6.08 Å². The minimum Gasteiger partial charge on any atom is -0.313 e. The summed E-state index contributed by atoms with van der Waals surface area (Å²) in [5.41, 5.74) is 0.856. The molecule has 0 saturated carbocycles. The van der Waals surface area contributed by atoms with Crippen molar-refractivity contribution in [1.29, 1.82) is 0 Å². The zero-order valence-electron chi connectivity index (χ0n) is 8.39. The Morgan fingerprint density at radius 2 is 2.31 bits per heavy atom. The number of likely N-dealkylation sites (N-methyl/N-ethyl adjacent to an activating group) is 1. The van der Waals surface area contributed by atoms with Crippen LogP contribution in [0.4, 0.5) is 0 Å². The van der Waals surface area contributed by atoms with E-state index in [0.29, 0.717) is 13.0 Å². The van der Waals surface area contributed by atoms with Gasteiger partial charge in [-0.05, 0) is 19.0 Å². The van der Waals surface area contributed by atoms with Crippen molar-refractivity contribution in [1.82, 2.24) is 5.32 Å². The second-order valence-corrected chi connectivity index (χ2v) is 2.84. The third kappa shape index (κ3) is 5.21. The smallest absolute Gasteiger partial charge is 0.172 e. The molecule has 2 heteroatoms. The Kier molecular flexibility index (Phi) is 6.95. The fourth-order valence-electron chi connectivity index (χ4n) is 1.08. The van der Waals surface area contributed by atoms with E-state index in [-0.39, 0.29) is 5.78 Å². The zero-order chi connectivity index (χ0) is 10.1. The normalized spacial score (nSPS) is 11.0. The summed E-state index contributed by atoms with van der Waals surface area (Å²) < 4.78 is 0. The Morgan fingerprint density at radius 1 is 1.62 bits per heavy atom. The van der Waals surface area contributed by atoms with E-state index >= 15 is 0 Å². The Hall–Kier alpha value is -1.07. The van der Waals surface area contributed by atoms with E-state index in [1.165, 1.54) is 0 Å². The number of rotatable bonds is 6. The number of hydrogen-bond acceptors (Lipinski definition) is 2. The van der Waals surface area contributed by atoms with Gasteiger partial charge in [-0.15, -0.1) is 12.3 Å². The molecule has 0 spiro atoms. The first-order valence-electron chi connectivity index (χ1n) is 4.56. The molecule has 0 rings (SSSR count). The number of nitrogens with one attached hydrogen (secondary N) is 1. The maximum absolute atomic E-state index is 11.4. The van der Waals surface area contributed by atoms with Gasteiger partial charge in [0.15, 0.2) is 5.78 Å². The topological polar surface area (TPSA) is 29.1 Å². The molecule has 0 aliphatic carbocycles. The summed E-state index contributed by atoms with van der Waals surface area (Å²) in [6, 6.07) is 0. The highest BCUT2D eigenvalue weighted by Crippen LogP contribution is 2.06. The fourth-order valence-corrected chi connectivity index (χ4v) is 1.08. The summed E-state index contributed by atoms with van der Waals surface area (Å²) in [6.07, 6.45) is 9.32. The molecule has 0 saturated heterocycles. The molecule has 2 nitrogen and oxygen atoms in total. The van der Waals surface area contributed by atoms with E-state index in [9.17, 15) is 4.79 Å². The van der Waals surface area contributed by atoms with Crippen LogP contribution in [-0.2, 0) is 4.79 Å². The molecular formula is C11H17NO. The molecule has 0 aliphatic heterocycles. The molecule has 0 bridgehead atoms. The Balaban J connectivity index is 4.24. The molecule has 13 heavy (non-hydrogen) atoms. The summed E-state index contributed by atoms with van der Waals surface area (Å²) in [7, 11) is 1.77. The first-order valence-corrected chi connectivity index (χ1v) is 4.56. The first-order chi connectivity index (χ1) is 6.26. The Bertz CT molecular complexity index is 223. The number of carbonyl (C=O) groups excluding carboxylic acids is 1. The molecule has 72 valence electrons. The molecule has 0 aromatic rings. The van der Waals surface area contributed by atoms with Gasteiger partial charge >= 0.3 is 0 Å². The van der Waals surface area contributed by atoms with Gasteiger partial charge in [-0.1, -0.05) is 19.4 Å². The molecule has 0 amide bonds. The van der Waals surface area contributed by atoms with Gasteiger partial charge in [-0.2, -0.15) is 0 Å². The summed E-state index contributed by atoms with van der Waals surface area (Å²) in [4.78, 5) is 11.4. The molecule has 0 fully saturated rings. The quantitative estimate of drug-likeness (QED) is 0.495. The Labute approximate surface area is 80.4 Å². The van der Waals surface area contributed by atoms with Gasteiger partial charge in [0.1, 0.15) is 0 Å². The maximum atomic E-state index is 11.4. The van der Waals surface area contributed by atoms with Crippen LogP contribution in [0.5, 0.6) is 0 Å². The predicted octanol–water partition coefficient (Wildman–Crippen LogP) is 1.52. The summed E-state index contributed by atoms with van der Waals surface area (Å²) in [6.45, 7) is 2.45. The van der Waals surface area contributed by atoms with Gasteiger partial charge in [0.2, 0.25) is 0 Å². The molecule has 0 aliphatic rings. The lowest BCUT2D eigenvalue weighted by Crippen LogP contribution is -2.20. The summed E-state index contributed by atoms with van der Waals surface area (Å²) in [5.74, 6) is 2.66. The molecule has 0 aromatic carbocycles. The number of terminal acetylenes is 1. The van der Waals surface area contributed by atoms with E-state index in [2.05, 4.69) is 18.2 Å². The summed E-state index contributed by atoms with van der Waals surface area (Å²) >= 11 is 0. The number of carbonyl (C=O) groups is 1. The van der Waals surface area contributed by atoms with Crippen LogP contribution in [0.15, 0.2) is 11.6 Å². The maximum Gasteiger partial charge on any atom is 0.172 e. The van der Waals surface area contributed by atoms with Gasteiger partial charge < -0.3 is 5.32 Å². The van der Waals surface area contributed by atoms with Crippen LogP contribution in [0.2, 0.25) is 0 Å². The van der Waals surface area contributed by atoms with E-state index in [1.54, 1.807) is 7.05 Å². The molecule has 0 aromatic heterocycles. The number of allylic oxidation sites excluding steroid dienone is 1. The lowest BCUT2D eigenvalue weighted by atomic mass is 10.0. The second-order valence-electron chi connectivity index (χ2n) is 2.84.